The highest BCUT2D eigenvalue weighted by Crippen LogP contribution is 2.34. The van der Waals surface area contributed by atoms with Crippen LogP contribution in [0.25, 0.3) is 6.08 Å². The first-order valence-corrected chi connectivity index (χ1v) is 5.94. The molecule has 0 radical (unpaired) electrons. The van der Waals surface area contributed by atoms with Crippen molar-refractivity contribution in [3.05, 3.63) is 31.6 Å². The van der Waals surface area contributed by atoms with Gasteiger partial charge in [0.25, 0.3) is 0 Å². The van der Waals surface area contributed by atoms with Crippen molar-refractivity contribution in [2.45, 2.75) is 6.92 Å². The van der Waals surface area contributed by atoms with E-state index < -0.39 is 10.9 Å². The van der Waals surface area contributed by atoms with Crippen molar-refractivity contribution in [1.29, 1.82) is 0 Å². The van der Waals surface area contributed by atoms with E-state index in [0.29, 0.717) is 9.35 Å². The number of rotatable bonds is 4. The van der Waals surface area contributed by atoms with Gasteiger partial charge in [0.2, 0.25) is 0 Å². The fourth-order valence-electron chi connectivity index (χ4n) is 0.975. The minimum Gasteiger partial charge on any atom is -0.463 e. The Morgan fingerprint density at radius 3 is 3.00 bits per heavy atom. The smallest absolute Gasteiger partial charge is 0.332 e. The third-order valence-electron chi connectivity index (χ3n) is 1.56. The fourth-order valence-corrected chi connectivity index (χ4v) is 2.37. The van der Waals surface area contributed by atoms with Crippen LogP contribution in [-0.2, 0) is 9.53 Å². The van der Waals surface area contributed by atoms with Crippen molar-refractivity contribution in [1.82, 2.24) is 0 Å². The topological polar surface area (TPSA) is 69.4 Å². The normalized spacial score (nSPS) is 10.6. The van der Waals surface area contributed by atoms with Crippen LogP contribution in [0.15, 0.2) is 15.9 Å². The lowest BCUT2D eigenvalue weighted by Gasteiger charge is -1.93. The summed E-state index contributed by atoms with van der Waals surface area (Å²) in [6.45, 7) is 1.97. The summed E-state index contributed by atoms with van der Waals surface area (Å²) in [5.41, 5.74) is 0.384. The largest absolute Gasteiger partial charge is 0.463 e. The number of carbonyl (C=O) groups is 1. The molecule has 0 aliphatic carbocycles. The van der Waals surface area contributed by atoms with Crippen molar-refractivity contribution in [3.63, 3.8) is 0 Å². The third kappa shape index (κ3) is 3.42. The lowest BCUT2D eigenvalue weighted by atomic mass is 10.3. The van der Waals surface area contributed by atoms with Gasteiger partial charge in [0.15, 0.2) is 0 Å². The van der Waals surface area contributed by atoms with Gasteiger partial charge in [-0.3, -0.25) is 10.1 Å². The maximum absolute atomic E-state index is 11.0. The second-order valence-corrected chi connectivity index (χ2v) is 5.06. The van der Waals surface area contributed by atoms with Crippen LogP contribution in [0.1, 0.15) is 12.5 Å². The van der Waals surface area contributed by atoms with Crippen molar-refractivity contribution in [3.8, 4) is 0 Å². The molecule has 0 bridgehead atoms. The van der Waals surface area contributed by atoms with Gasteiger partial charge < -0.3 is 4.74 Å². The van der Waals surface area contributed by atoms with E-state index in [2.05, 4.69) is 20.7 Å². The van der Waals surface area contributed by atoms with E-state index >= 15 is 0 Å². The number of thiophene rings is 1. The van der Waals surface area contributed by atoms with Crippen LogP contribution < -0.4 is 0 Å². The predicted molar refractivity (Wildman–Crippen MR) is 64.3 cm³/mol. The molecular formula is C9H8BrNO4S. The zero-order chi connectivity index (χ0) is 12.1. The summed E-state index contributed by atoms with van der Waals surface area (Å²) in [7, 11) is 0. The molecule has 7 heteroatoms. The van der Waals surface area contributed by atoms with Gasteiger partial charge in [-0.1, -0.05) is 11.3 Å². The predicted octanol–water partition coefficient (Wildman–Crippen LogP) is 3.00. The Labute approximate surface area is 104 Å². The number of carbonyl (C=O) groups excluding carboxylic acids is 1. The molecule has 5 nitrogen and oxygen atoms in total. The summed E-state index contributed by atoms with van der Waals surface area (Å²) >= 11 is 4.15. The number of halogens is 1. The molecule has 86 valence electrons. The third-order valence-corrected chi connectivity index (χ3v) is 3.17. The Morgan fingerprint density at radius 2 is 2.44 bits per heavy atom. The Kier molecular flexibility index (Phi) is 4.63. The maximum atomic E-state index is 11.0. The van der Waals surface area contributed by atoms with Crippen LogP contribution in [0.5, 0.6) is 0 Å². The molecule has 0 atom stereocenters. The second-order valence-electron chi connectivity index (χ2n) is 2.65. The van der Waals surface area contributed by atoms with Gasteiger partial charge in [0.1, 0.15) is 0 Å². The van der Waals surface area contributed by atoms with Crippen molar-refractivity contribution in [2.24, 2.45) is 0 Å². The highest BCUT2D eigenvalue weighted by molar-refractivity contribution is 9.11. The first-order valence-electron chi connectivity index (χ1n) is 4.33. The highest BCUT2D eigenvalue weighted by Gasteiger charge is 2.16. The molecule has 0 saturated heterocycles. The molecular weight excluding hydrogens is 298 g/mol. The number of hydrogen-bond donors (Lipinski definition) is 0. The molecule has 0 fully saturated rings. The summed E-state index contributed by atoms with van der Waals surface area (Å²) in [5, 5.41) is 10.6. The Bertz CT molecular complexity index is 441. The van der Waals surface area contributed by atoms with Crippen LogP contribution in [0.4, 0.5) is 5.00 Å². The molecule has 0 spiro atoms. The molecule has 0 aliphatic rings. The van der Waals surface area contributed by atoms with E-state index in [1.807, 2.05) is 0 Å². The Morgan fingerprint density at radius 1 is 1.75 bits per heavy atom. The van der Waals surface area contributed by atoms with Gasteiger partial charge in [-0.25, -0.2) is 4.79 Å². The summed E-state index contributed by atoms with van der Waals surface area (Å²) in [5.74, 6) is -0.515. The molecule has 0 aromatic carbocycles. The van der Waals surface area contributed by atoms with Crippen LogP contribution in [0, 0.1) is 10.1 Å². The zero-order valence-corrected chi connectivity index (χ0v) is 10.7. The molecule has 0 unspecified atom stereocenters. The van der Waals surface area contributed by atoms with E-state index in [9.17, 15) is 14.9 Å². The minimum atomic E-state index is -0.515. The average Bonchev–Trinajstić information content (AvgIpc) is 2.57. The fraction of sp³-hybridized carbons (Fsp3) is 0.222. The average molecular weight is 306 g/mol. The van der Waals surface area contributed by atoms with Crippen LogP contribution >= 0.6 is 27.3 Å². The zero-order valence-electron chi connectivity index (χ0n) is 8.31. The molecule has 0 aliphatic heterocycles. The van der Waals surface area contributed by atoms with Gasteiger partial charge >= 0.3 is 11.0 Å². The van der Waals surface area contributed by atoms with Gasteiger partial charge in [0.05, 0.1) is 20.9 Å². The number of nitro groups is 1. The second kappa shape index (κ2) is 5.76. The van der Waals surface area contributed by atoms with Crippen molar-refractivity contribution >= 4 is 44.3 Å². The van der Waals surface area contributed by atoms with Gasteiger partial charge in [-0.2, -0.15) is 0 Å². The number of esters is 1. The number of hydrogen-bond acceptors (Lipinski definition) is 5. The Hall–Kier alpha value is -1.21. The number of nitrogens with zero attached hydrogens (tertiary/aromatic N) is 1. The summed E-state index contributed by atoms with van der Waals surface area (Å²) < 4.78 is 5.31. The first-order chi connectivity index (χ1) is 7.54. The van der Waals surface area contributed by atoms with E-state index in [1.165, 1.54) is 12.2 Å². The first kappa shape index (κ1) is 12.9. The van der Waals surface area contributed by atoms with Gasteiger partial charge in [-0.15, -0.1) is 0 Å². The number of ether oxygens (including phenoxy) is 1. The van der Waals surface area contributed by atoms with E-state index in [-0.39, 0.29) is 11.6 Å². The maximum Gasteiger partial charge on any atom is 0.332 e. The minimum absolute atomic E-state index is 0.00702. The summed E-state index contributed by atoms with van der Waals surface area (Å²) in [6.07, 6.45) is 2.54. The summed E-state index contributed by atoms with van der Waals surface area (Å²) in [4.78, 5) is 21.2. The molecule has 1 aromatic rings. The summed E-state index contributed by atoms with van der Waals surface area (Å²) in [6, 6.07) is 1.58. The Balaban J connectivity index is 2.88. The standard InChI is InChI=1S/C9H8BrNO4S/c1-2-15-8(12)4-3-6-5-7(10)16-9(6)11(13)14/h3-5H,2H2,1H3/b4-3-. The van der Waals surface area contributed by atoms with Crippen LogP contribution in [-0.4, -0.2) is 17.5 Å². The molecule has 0 amide bonds. The van der Waals surface area contributed by atoms with E-state index in [4.69, 9.17) is 0 Å². The molecule has 1 aromatic heterocycles. The van der Waals surface area contributed by atoms with Gasteiger partial charge in [-0.05, 0) is 35.0 Å². The lowest BCUT2D eigenvalue weighted by molar-refractivity contribution is -0.380. The molecule has 16 heavy (non-hydrogen) atoms. The quantitative estimate of drug-likeness (QED) is 0.371. The molecule has 0 N–H and O–H groups in total. The van der Waals surface area contributed by atoms with Crippen molar-refractivity contribution < 1.29 is 14.5 Å². The molecule has 1 rings (SSSR count). The van der Waals surface area contributed by atoms with Crippen LogP contribution in [0.2, 0.25) is 0 Å². The highest BCUT2D eigenvalue weighted by atomic mass is 79.9. The van der Waals surface area contributed by atoms with Crippen molar-refractivity contribution in [2.75, 3.05) is 6.61 Å². The van der Waals surface area contributed by atoms with E-state index in [1.54, 1.807) is 13.0 Å². The lowest BCUT2D eigenvalue weighted by Crippen LogP contribution is -1.98. The SMILES string of the molecule is CCOC(=O)/C=C\c1cc(Br)sc1[N+](=O)[O-]. The van der Waals surface area contributed by atoms with Gasteiger partial charge in [0, 0.05) is 6.08 Å². The molecule has 0 saturated carbocycles. The van der Waals surface area contributed by atoms with E-state index in [0.717, 1.165) is 11.3 Å². The van der Waals surface area contributed by atoms with Crippen LogP contribution in [0.3, 0.4) is 0 Å². The molecule has 1 heterocycles. The monoisotopic (exact) mass is 305 g/mol.